The van der Waals surface area contributed by atoms with Crippen LogP contribution in [0.1, 0.15) is 20.3 Å². The molecule has 0 saturated heterocycles. The summed E-state index contributed by atoms with van der Waals surface area (Å²) in [7, 11) is 0. The van der Waals surface area contributed by atoms with E-state index in [1.165, 1.54) is 0 Å². The van der Waals surface area contributed by atoms with E-state index in [1.807, 2.05) is 0 Å². The lowest BCUT2D eigenvalue weighted by atomic mass is 10.0. The molecule has 1 atom stereocenters. The first-order chi connectivity index (χ1) is 8.81. The highest BCUT2D eigenvalue weighted by Gasteiger charge is 2.15. The first kappa shape index (κ1) is 15.3. The first-order valence-corrected chi connectivity index (χ1v) is 5.68. The number of carbonyl (C=O) groups excluding carboxylic acids is 1. The summed E-state index contributed by atoms with van der Waals surface area (Å²) in [5.74, 6) is -4.94. The molecule has 3 N–H and O–H groups in total. The van der Waals surface area contributed by atoms with Crippen molar-refractivity contribution in [3.8, 4) is 0 Å². The molecule has 0 bridgehead atoms. The van der Waals surface area contributed by atoms with Crippen LogP contribution in [-0.2, 0) is 4.79 Å². The first-order valence-electron chi connectivity index (χ1n) is 5.68. The maximum Gasteiger partial charge on any atom is 0.240 e. The molecule has 0 fully saturated rings. The summed E-state index contributed by atoms with van der Waals surface area (Å²) in [5, 5.41) is 9.46. The van der Waals surface area contributed by atoms with Gasteiger partial charge in [-0.05, 0) is 5.92 Å². The van der Waals surface area contributed by atoms with Crippen molar-refractivity contribution in [2.45, 2.75) is 26.4 Å². The number of hydrogen-bond donors (Lipinski definition) is 3. The topological polar surface area (TPSA) is 61.4 Å². The van der Waals surface area contributed by atoms with Crippen molar-refractivity contribution in [3.63, 3.8) is 0 Å². The van der Waals surface area contributed by atoms with Gasteiger partial charge in [-0.25, -0.2) is 13.2 Å². The predicted octanol–water partition coefficient (Wildman–Crippen LogP) is 1.95. The van der Waals surface area contributed by atoms with Gasteiger partial charge in [0.15, 0.2) is 17.5 Å². The standard InChI is InChI=1S/C12H15F3N2O2/c1-6(2)10(18)5-11(19)17-16-7-3-8(13)12(15)9(14)4-7/h3-4,6,10,16,18H,5H2,1-2H3,(H,17,19). The number of carbonyl (C=O) groups is 1. The van der Waals surface area contributed by atoms with Crippen LogP contribution in [0.2, 0.25) is 0 Å². The van der Waals surface area contributed by atoms with Gasteiger partial charge in [0.25, 0.3) is 0 Å². The van der Waals surface area contributed by atoms with Gasteiger partial charge in [0.1, 0.15) is 0 Å². The van der Waals surface area contributed by atoms with Crippen LogP contribution in [0.4, 0.5) is 18.9 Å². The van der Waals surface area contributed by atoms with Crippen LogP contribution in [0, 0.1) is 23.4 Å². The highest BCUT2D eigenvalue weighted by atomic mass is 19.2. The van der Waals surface area contributed by atoms with Crippen molar-refractivity contribution in [2.75, 3.05) is 5.43 Å². The molecule has 0 aliphatic carbocycles. The Hall–Kier alpha value is -1.76. The minimum atomic E-state index is -1.58. The molecule has 106 valence electrons. The van der Waals surface area contributed by atoms with Crippen molar-refractivity contribution in [1.29, 1.82) is 0 Å². The third kappa shape index (κ3) is 4.44. The second-order valence-electron chi connectivity index (χ2n) is 4.44. The van der Waals surface area contributed by atoms with Crippen molar-refractivity contribution < 1.29 is 23.1 Å². The Morgan fingerprint density at radius 3 is 2.26 bits per heavy atom. The van der Waals surface area contributed by atoms with E-state index in [0.29, 0.717) is 12.1 Å². The molecule has 1 unspecified atom stereocenters. The maximum absolute atomic E-state index is 12.9. The van der Waals surface area contributed by atoms with Crippen LogP contribution in [0.15, 0.2) is 12.1 Å². The van der Waals surface area contributed by atoms with Gasteiger partial charge < -0.3 is 5.11 Å². The van der Waals surface area contributed by atoms with Gasteiger partial charge in [-0.3, -0.25) is 15.6 Å². The van der Waals surface area contributed by atoms with Crippen molar-refractivity contribution in [3.05, 3.63) is 29.6 Å². The SMILES string of the molecule is CC(C)C(O)CC(=O)NNc1cc(F)c(F)c(F)c1. The Kier molecular flexibility index (Phi) is 5.17. The summed E-state index contributed by atoms with van der Waals surface area (Å²) < 4.78 is 38.4. The smallest absolute Gasteiger partial charge is 0.240 e. The highest BCUT2D eigenvalue weighted by molar-refractivity contribution is 5.77. The zero-order chi connectivity index (χ0) is 14.6. The third-order valence-corrected chi connectivity index (χ3v) is 2.49. The second kappa shape index (κ2) is 6.42. The molecule has 0 radical (unpaired) electrons. The molecule has 1 aromatic rings. The average molecular weight is 276 g/mol. The van der Waals surface area contributed by atoms with E-state index in [2.05, 4.69) is 10.9 Å². The Morgan fingerprint density at radius 2 is 1.79 bits per heavy atom. The average Bonchev–Trinajstić information content (AvgIpc) is 2.33. The van der Waals surface area contributed by atoms with E-state index in [9.17, 15) is 23.1 Å². The zero-order valence-corrected chi connectivity index (χ0v) is 10.5. The van der Waals surface area contributed by atoms with Crippen LogP contribution in [0.25, 0.3) is 0 Å². The van der Waals surface area contributed by atoms with Crippen molar-refractivity contribution >= 4 is 11.6 Å². The van der Waals surface area contributed by atoms with Crippen LogP contribution in [0.5, 0.6) is 0 Å². The van der Waals surface area contributed by atoms with E-state index in [1.54, 1.807) is 13.8 Å². The second-order valence-corrected chi connectivity index (χ2v) is 4.44. The summed E-state index contributed by atoms with van der Waals surface area (Å²) in [5.41, 5.74) is 4.26. The lowest BCUT2D eigenvalue weighted by molar-refractivity contribution is -0.123. The maximum atomic E-state index is 12.9. The minimum absolute atomic E-state index is 0.0912. The van der Waals surface area contributed by atoms with Gasteiger partial charge in [-0.1, -0.05) is 13.8 Å². The molecule has 19 heavy (non-hydrogen) atoms. The molecule has 0 saturated carbocycles. The molecule has 0 aromatic heterocycles. The summed E-state index contributed by atoms with van der Waals surface area (Å²) in [4.78, 5) is 11.4. The summed E-state index contributed by atoms with van der Waals surface area (Å²) in [6.07, 6.45) is -0.972. The number of amides is 1. The Morgan fingerprint density at radius 1 is 1.26 bits per heavy atom. The largest absolute Gasteiger partial charge is 0.392 e. The van der Waals surface area contributed by atoms with Gasteiger partial charge >= 0.3 is 0 Å². The monoisotopic (exact) mass is 276 g/mol. The molecular weight excluding hydrogens is 261 g/mol. The lowest BCUT2D eigenvalue weighted by Crippen LogP contribution is -2.33. The molecule has 0 aliphatic rings. The van der Waals surface area contributed by atoms with Crippen LogP contribution in [-0.4, -0.2) is 17.1 Å². The fourth-order valence-corrected chi connectivity index (χ4v) is 1.25. The number of hydrazine groups is 1. The predicted molar refractivity (Wildman–Crippen MR) is 63.5 cm³/mol. The number of rotatable bonds is 5. The number of anilines is 1. The third-order valence-electron chi connectivity index (χ3n) is 2.49. The number of nitrogens with one attached hydrogen (secondary N) is 2. The quantitative estimate of drug-likeness (QED) is 0.569. The summed E-state index contributed by atoms with van der Waals surface area (Å²) in [6, 6.07) is 1.41. The van der Waals surface area contributed by atoms with E-state index < -0.39 is 29.5 Å². The van der Waals surface area contributed by atoms with Crippen LogP contribution >= 0.6 is 0 Å². The van der Waals surface area contributed by atoms with Gasteiger partial charge in [0.05, 0.1) is 18.2 Å². The van der Waals surface area contributed by atoms with E-state index in [4.69, 9.17) is 0 Å². The fraction of sp³-hybridized carbons (Fsp3) is 0.417. The van der Waals surface area contributed by atoms with Crippen LogP contribution < -0.4 is 10.9 Å². The number of aliphatic hydroxyl groups is 1. The van der Waals surface area contributed by atoms with Crippen LogP contribution in [0.3, 0.4) is 0 Å². The molecular formula is C12H15F3N2O2. The molecule has 1 rings (SSSR count). The van der Waals surface area contributed by atoms with Gasteiger partial charge in [-0.15, -0.1) is 0 Å². The van der Waals surface area contributed by atoms with Crippen molar-refractivity contribution in [1.82, 2.24) is 5.43 Å². The zero-order valence-electron chi connectivity index (χ0n) is 10.5. The molecule has 0 heterocycles. The molecule has 0 spiro atoms. The van der Waals surface area contributed by atoms with E-state index in [0.717, 1.165) is 0 Å². The Bertz CT molecular complexity index is 443. The number of halogens is 3. The summed E-state index contributed by atoms with van der Waals surface area (Å²) >= 11 is 0. The van der Waals surface area contributed by atoms with E-state index in [-0.39, 0.29) is 18.0 Å². The fourth-order valence-electron chi connectivity index (χ4n) is 1.25. The van der Waals surface area contributed by atoms with E-state index >= 15 is 0 Å². The normalized spacial score (nSPS) is 12.4. The molecule has 7 heteroatoms. The molecule has 1 aromatic carbocycles. The van der Waals surface area contributed by atoms with Gasteiger partial charge in [0.2, 0.25) is 5.91 Å². The lowest BCUT2D eigenvalue weighted by Gasteiger charge is -2.14. The Balaban J connectivity index is 2.55. The van der Waals surface area contributed by atoms with Gasteiger partial charge in [-0.2, -0.15) is 0 Å². The molecule has 1 amide bonds. The highest BCUT2D eigenvalue weighted by Crippen LogP contribution is 2.16. The van der Waals surface area contributed by atoms with Crippen molar-refractivity contribution in [2.24, 2.45) is 5.92 Å². The number of hydrogen-bond acceptors (Lipinski definition) is 3. The Labute approximate surface area is 108 Å². The number of benzene rings is 1. The summed E-state index contributed by atoms with van der Waals surface area (Å²) in [6.45, 7) is 3.49. The van der Waals surface area contributed by atoms with Gasteiger partial charge in [0, 0.05) is 12.1 Å². The molecule has 0 aliphatic heterocycles. The number of aliphatic hydroxyl groups excluding tert-OH is 1. The molecule has 4 nitrogen and oxygen atoms in total. The minimum Gasteiger partial charge on any atom is -0.392 e.